The fourth-order valence-corrected chi connectivity index (χ4v) is 13.9. The number of amides is 2. The number of aryl methyl sites for hydroxylation is 1. The molecule has 0 bridgehead atoms. The van der Waals surface area contributed by atoms with Gasteiger partial charge < -0.3 is 0 Å². The van der Waals surface area contributed by atoms with Gasteiger partial charge in [-0.3, -0.25) is 0 Å². The maximum absolute atomic E-state index is 14.1. The molecule has 282 valence electrons. The third kappa shape index (κ3) is 10.0. The number of likely N-dealkylation sites (tertiary alicyclic amines) is 1. The topological polar surface area (TPSA) is 168 Å². The molecule has 5 rings (SSSR count). The van der Waals surface area contributed by atoms with Gasteiger partial charge in [0.05, 0.1) is 0 Å². The Hall–Kier alpha value is -3.26. The quantitative estimate of drug-likeness (QED) is 0.0531. The minimum absolute atomic E-state index is 0.00340. The molecular formula is C37H45I2N5O7S-2. The molecule has 1 aromatic heterocycles. The van der Waals surface area contributed by atoms with E-state index < -0.39 is 66.7 Å². The molecule has 2 amide bonds. The second-order valence-corrected chi connectivity index (χ2v) is 20.1. The summed E-state index contributed by atoms with van der Waals surface area (Å²) in [4.78, 5) is 34.2. The van der Waals surface area contributed by atoms with Crippen LogP contribution in [0.2, 0.25) is 0 Å². The van der Waals surface area contributed by atoms with E-state index in [-0.39, 0.29) is 52.7 Å². The number of nitrogen functional groups attached to an aromatic ring is 1. The number of ether oxygens (including phenoxy) is 1. The summed E-state index contributed by atoms with van der Waals surface area (Å²) < 4.78 is 50.9. The van der Waals surface area contributed by atoms with E-state index in [1.807, 2.05) is 51.1 Å². The summed E-state index contributed by atoms with van der Waals surface area (Å²) in [5.41, 5.74) is 8.84. The van der Waals surface area contributed by atoms with E-state index >= 15 is 0 Å². The number of rotatable bonds is 16. The van der Waals surface area contributed by atoms with Gasteiger partial charge in [0.15, 0.2) is 0 Å². The van der Waals surface area contributed by atoms with Gasteiger partial charge in [-0.2, -0.15) is 0 Å². The summed E-state index contributed by atoms with van der Waals surface area (Å²) in [7, 11) is -2.43. The number of methoxy groups -OCH3 is 1. The number of halogens is 2. The van der Waals surface area contributed by atoms with Crippen molar-refractivity contribution in [3.8, 4) is 5.75 Å². The van der Waals surface area contributed by atoms with Gasteiger partial charge >= 0.3 is 322 Å². The van der Waals surface area contributed by atoms with Crippen LogP contribution in [0.25, 0.3) is 0 Å². The number of sulfonamides is 1. The zero-order valence-electron chi connectivity index (χ0n) is 29.5. The Balaban J connectivity index is 1.41. The third-order valence-corrected chi connectivity index (χ3v) is 17.0. The first-order valence-electron chi connectivity index (χ1n) is 16.9. The molecule has 2 heterocycles. The van der Waals surface area contributed by atoms with E-state index in [0.29, 0.717) is 29.0 Å². The van der Waals surface area contributed by atoms with Crippen LogP contribution in [-0.4, -0.2) is 72.6 Å². The Morgan fingerprint density at radius 2 is 1.81 bits per heavy atom. The number of oxazole rings is 1. The van der Waals surface area contributed by atoms with Crippen LogP contribution in [0, 0.1) is 12.8 Å². The molecule has 52 heavy (non-hydrogen) atoms. The number of nitrogens with zero attached hydrogens (tertiary/aromatic N) is 3. The van der Waals surface area contributed by atoms with Crippen molar-refractivity contribution in [2.45, 2.75) is 57.0 Å². The molecule has 12 nitrogen and oxygen atoms in total. The number of nitrogens with two attached hydrogens (primary N) is 1. The van der Waals surface area contributed by atoms with Crippen LogP contribution in [-0.2, 0) is 14.5 Å². The zero-order chi connectivity index (χ0) is 37.4. The molecule has 3 atom stereocenters. The number of anilines is 1. The van der Waals surface area contributed by atoms with Gasteiger partial charge in [-0.1, -0.05) is 0 Å². The third-order valence-electron chi connectivity index (χ3n) is 8.50. The van der Waals surface area contributed by atoms with Crippen molar-refractivity contribution < 1.29 is 73.4 Å². The van der Waals surface area contributed by atoms with Crippen molar-refractivity contribution in [2.24, 2.45) is 5.92 Å². The van der Waals surface area contributed by atoms with E-state index in [2.05, 4.69) is 10.3 Å². The van der Waals surface area contributed by atoms with Gasteiger partial charge in [0.25, 0.3) is 0 Å². The van der Waals surface area contributed by atoms with Gasteiger partial charge in [-0.25, -0.2) is 0 Å². The number of hydrogen-bond donors (Lipinski definition) is 3. The van der Waals surface area contributed by atoms with Crippen LogP contribution < -0.4 is 58.6 Å². The first kappa shape index (κ1) is 39.9. The SMILES string of the molecule is COc1ccc(S(=O)(=O)N(CC(C)C)CC([I-]O)C(NC(=O)c2cc(N)cc(C(=O)N3CCCC3c3nc(C)co3)c2)[I-]Cc2ccccc2)cc1. The van der Waals surface area contributed by atoms with Crippen molar-refractivity contribution in [3.63, 3.8) is 0 Å². The molecule has 4 N–H and O–H groups in total. The van der Waals surface area contributed by atoms with Gasteiger partial charge in [-0.05, 0) is 6.92 Å². The Bertz CT molecular complexity index is 1930. The van der Waals surface area contributed by atoms with Crippen LogP contribution in [0.15, 0.2) is 88.4 Å². The van der Waals surface area contributed by atoms with Crippen molar-refractivity contribution in [2.75, 3.05) is 32.5 Å². The Kier molecular flexibility index (Phi) is 14.0. The molecule has 1 saturated heterocycles. The summed E-state index contributed by atoms with van der Waals surface area (Å²) in [5.74, 6) is 0.298. The number of aromatic nitrogens is 1. The zero-order valence-corrected chi connectivity index (χ0v) is 34.7. The molecule has 0 saturated carbocycles. The number of carbonyl (C=O) groups is 2. The van der Waals surface area contributed by atoms with Crippen LogP contribution in [0.5, 0.6) is 5.75 Å². The molecule has 1 aliphatic rings. The van der Waals surface area contributed by atoms with Crippen LogP contribution >= 0.6 is 0 Å². The van der Waals surface area contributed by atoms with Gasteiger partial charge in [-0.15, -0.1) is 0 Å². The van der Waals surface area contributed by atoms with Crippen molar-refractivity contribution in [1.29, 1.82) is 0 Å². The van der Waals surface area contributed by atoms with Crippen molar-refractivity contribution in [1.82, 2.24) is 19.5 Å². The average molecular weight is 958 g/mol. The summed E-state index contributed by atoms with van der Waals surface area (Å²) in [6.45, 7) is 6.50. The summed E-state index contributed by atoms with van der Waals surface area (Å²) in [6, 6.07) is 20.4. The maximum atomic E-state index is 14.1. The normalized spacial score (nSPS) is 16.1. The molecule has 0 aliphatic carbocycles. The number of carbonyl (C=O) groups excluding carboxylic acids is 2. The number of hydrogen-bond acceptors (Lipinski definition) is 9. The average Bonchev–Trinajstić information content (AvgIpc) is 3.80. The minimum atomic E-state index is -3.95. The summed E-state index contributed by atoms with van der Waals surface area (Å²) in [6.07, 6.45) is 3.06. The fourth-order valence-electron chi connectivity index (χ4n) is 5.98. The van der Waals surface area contributed by atoms with E-state index in [9.17, 15) is 21.4 Å². The second kappa shape index (κ2) is 18.2. The monoisotopic (exact) mass is 957 g/mol. The standard InChI is InChI=1S/C37H45I2N5O7S/c1-24(2)21-43(52(48,49)31-14-12-30(50-4)13-15-31)22-32(39-47)34(38-20-26-9-6-5-7-10-26)42-35(45)27-17-28(19-29(40)18-27)37(46)44-16-8-11-33(44)36-41-25(3)23-51-36/h5-7,9-10,12-15,17-19,23-24,32-34,47H,8,11,16,20-22,40H2,1-4H3,(H,42,45)/q-2. The van der Waals surface area contributed by atoms with E-state index in [1.165, 1.54) is 29.6 Å². The van der Waals surface area contributed by atoms with Crippen LogP contribution in [0.4, 0.5) is 5.69 Å². The molecule has 0 radical (unpaired) electrons. The number of nitrogens with one attached hydrogen (secondary N) is 1. The van der Waals surface area contributed by atoms with E-state index in [4.69, 9.17) is 14.9 Å². The molecule has 3 unspecified atom stereocenters. The molecule has 15 heteroatoms. The fraction of sp³-hybridized carbons (Fsp3) is 0.378. The number of benzene rings is 3. The molecule has 3 aromatic carbocycles. The van der Waals surface area contributed by atoms with E-state index in [1.54, 1.807) is 35.4 Å². The Morgan fingerprint density at radius 3 is 2.44 bits per heavy atom. The molecule has 0 spiro atoms. The first-order chi connectivity index (χ1) is 24.9. The predicted octanol–water partition coefficient (Wildman–Crippen LogP) is -1.39. The Labute approximate surface area is 326 Å². The second-order valence-electron chi connectivity index (χ2n) is 13.0. The number of alkyl halides is 3. The first-order valence-corrected chi connectivity index (χ1v) is 23.3. The van der Waals surface area contributed by atoms with E-state index in [0.717, 1.165) is 17.7 Å². The molecule has 4 aromatic rings. The van der Waals surface area contributed by atoms with Crippen molar-refractivity contribution >= 4 is 27.5 Å². The van der Waals surface area contributed by atoms with Crippen molar-refractivity contribution in [3.05, 3.63) is 107 Å². The van der Waals surface area contributed by atoms with Gasteiger partial charge in [0, 0.05) is 0 Å². The molecule has 1 aliphatic heterocycles. The molecule has 1 fully saturated rings. The Morgan fingerprint density at radius 1 is 1.10 bits per heavy atom. The van der Waals surface area contributed by atoms with Crippen LogP contribution in [0.1, 0.15) is 70.6 Å². The summed E-state index contributed by atoms with van der Waals surface area (Å²) in [5, 5.41) is 3.15. The van der Waals surface area contributed by atoms with Gasteiger partial charge in [0.1, 0.15) is 0 Å². The predicted molar refractivity (Wildman–Crippen MR) is 189 cm³/mol. The summed E-state index contributed by atoms with van der Waals surface area (Å²) >= 11 is -2.38. The van der Waals surface area contributed by atoms with Crippen LogP contribution in [0.3, 0.4) is 0 Å². The van der Waals surface area contributed by atoms with Gasteiger partial charge in [0.2, 0.25) is 0 Å². The molecular weight excluding hydrogens is 912 g/mol.